The van der Waals surface area contributed by atoms with Gasteiger partial charge in [0.2, 0.25) is 5.95 Å². The molecule has 9 heteroatoms. The molecule has 2 heterocycles. The van der Waals surface area contributed by atoms with E-state index in [-0.39, 0.29) is 12.2 Å². The third kappa shape index (κ3) is 5.01. The largest absolute Gasteiger partial charge is 0.491 e. The SMILES string of the molecule is COCCOc1ccc(Cc2ncnc(-n3cnc4ccc(CC(=O)C=N)cc43)n2)cc1. The lowest BCUT2D eigenvalue weighted by molar-refractivity contribution is -0.112. The Kier molecular flexibility index (Phi) is 6.57. The van der Waals surface area contributed by atoms with E-state index >= 15 is 0 Å². The molecule has 1 N–H and O–H groups in total. The molecule has 0 saturated heterocycles. The number of ether oxygens (including phenoxy) is 2. The van der Waals surface area contributed by atoms with Crippen LogP contribution >= 0.6 is 0 Å². The number of carbonyl (C=O) groups excluding carboxylic acids is 1. The van der Waals surface area contributed by atoms with E-state index in [9.17, 15) is 4.79 Å². The number of nitrogens with zero attached hydrogens (tertiary/aromatic N) is 5. The Morgan fingerprint density at radius 3 is 2.66 bits per heavy atom. The number of imidazole rings is 1. The van der Waals surface area contributed by atoms with Crippen LogP contribution in [0.5, 0.6) is 5.75 Å². The zero-order chi connectivity index (χ0) is 22.3. The quantitative estimate of drug-likeness (QED) is 0.304. The molecule has 0 aliphatic carbocycles. The number of nitrogens with one attached hydrogen (secondary N) is 1. The number of hydrogen-bond donors (Lipinski definition) is 1. The summed E-state index contributed by atoms with van der Waals surface area (Å²) < 4.78 is 12.3. The van der Waals surface area contributed by atoms with Gasteiger partial charge in [-0.2, -0.15) is 4.98 Å². The van der Waals surface area contributed by atoms with Crippen molar-refractivity contribution < 1.29 is 14.3 Å². The summed E-state index contributed by atoms with van der Waals surface area (Å²) in [4.78, 5) is 29.2. The van der Waals surface area contributed by atoms with Gasteiger partial charge in [0.15, 0.2) is 5.78 Å². The maximum absolute atomic E-state index is 11.6. The Hall–Kier alpha value is -3.98. The van der Waals surface area contributed by atoms with Crippen molar-refractivity contribution in [3.8, 4) is 11.7 Å². The predicted octanol–water partition coefficient (Wildman–Crippen LogP) is 2.59. The molecule has 0 amide bonds. The summed E-state index contributed by atoms with van der Waals surface area (Å²) in [5, 5.41) is 7.10. The zero-order valence-corrected chi connectivity index (χ0v) is 17.6. The van der Waals surface area contributed by atoms with Gasteiger partial charge in [0.05, 0.1) is 23.9 Å². The maximum atomic E-state index is 11.6. The summed E-state index contributed by atoms with van der Waals surface area (Å²) >= 11 is 0. The zero-order valence-electron chi connectivity index (χ0n) is 17.6. The molecule has 9 nitrogen and oxygen atoms in total. The lowest BCUT2D eigenvalue weighted by atomic mass is 10.1. The molecule has 2 aromatic carbocycles. The Morgan fingerprint density at radius 2 is 1.88 bits per heavy atom. The molecular formula is C23H22N6O3. The maximum Gasteiger partial charge on any atom is 0.238 e. The first-order valence-electron chi connectivity index (χ1n) is 10.0. The van der Waals surface area contributed by atoms with Gasteiger partial charge < -0.3 is 14.9 Å². The summed E-state index contributed by atoms with van der Waals surface area (Å²) in [6.45, 7) is 1.04. The smallest absolute Gasteiger partial charge is 0.238 e. The fourth-order valence-corrected chi connectivity index (χ4v) is 3.23. The standard InChI is InChI=1S/C23H22N6O3/c1-31-8-9-32-19-5-2-16(3-6-19)12-22-25-14-26-23(28-22)29-15-27-20-7-4-17(11-21(20)29)10-18(30)13-24/h2-7,11,13-15,24H,8-10,12H2,1H3. The van der Waals surface area contributed by atoms with Crippen LogP contribution in [0.3, 0.4) is 0 Å². The second-order valence-electron chi connectivity index (χ2n) is 7.09. The van der Waals surface area contributed by atoms with E-state index < -0.39 is 0 Å². The summed E-state index contributed by atoms with van der Waals surface area (Å²) in [6.07, 6.45) is 4.67. The number of rotatable bonds is 10. The number of hydrogen-bond acceptors (Lipinski definition) is 8. The fourth-order valence-electron chi connectivity index (χ4n) is 3.23. The number of ketones is 1. The van der Waals surface area contributed by atoms with Crippen molar-refractivity contribution in [2.75, 3.05) is 20.3 Å². The normalized spacial score (nSPS) is 10.9. The van der Waals surface area contributed by atoms with Crippen LogP contribution in [-0.4, -0.2) is 56.8 Å². The summed E-state index contributed by atoms with van der Waals surface area (Å²) in [7, 11) is 1.64. The number of fused-ring (bicyclic) bond motifs is 1. The highest BCUT2D eigenvalue weighted by Gasteiger charge is 2.11. The van der Waals surface area contributed by atoms with Crippen molar-refractivity contribution in [3.05, 3.63) is 72.1 Å². The van der Waals surface area contributed by atoms with E-state index in [1.165, 1.54) is 6.33 Å². The molecule has 32 heavy (non-hydrogen) atoms. The predicted molar refractivity (Wildman–Crippen MR) is 119 cm³/mol. The molecular weight excluding hydrogens is 408 g/mol. The van der Waals surface area contributed by atoms with Gasteiger partial charge >= 0.3 is 0 Å². The van der Waals surface area contributed by atoms with Gasteiger partial charge in [-0.15, -0.1) is 0 Å². The molecule has 4 rings (SSSR count). The third-order valence-electron chi connectivity index (χ3n) is 4.82. The van der Waals surface area contributed by atoms with E-state index in [1.54, 1.807) is 18.0 Å². The molecule has 2 aromatic heterocycles. The topological polar surface area (TPSA) is 116 Å². The third-order valence-corrected chi connectivity index (χ3v) is 4.82. The highest BCUT2D eigenvalue weighted by Crippen LogP contribution is 2.19. The average molecular weight is 430 g/mol. The number of methoxy groups -OCH3 is 1. The Balaban J connectivity index is 1.54. The lowest BCUT2D eigenvalue weighted by Gasteiger charge is -2.07. The van der Waals surface area contributed by atoms with Crippen molar-refractivity contribution in [3.63, 3.8) is 0 Å². The van der Waals surface area contributed by atoms with Gasteiger partial charge in [0.25, 0.3) is 0 Å². The molecule has 0 spiro atoms. The molecule has 162 valence electrons. The van der Waals surface area contributed by atoms with E-state index in [1.807, 2.05) is 42.5 Å². The number of carbonyl (C=O) groups is 1. The van der Waals surface area contributed by atoms with Crippen LogP contribution < -0.4 is 4.74 Å². The minimum Gasteiger partial charge on any atom is -0.491 e. The molecule has 0 saturated carbocycles. The van der Waals surface area contributed by atoms with Gasteiger partial charge in [-0.25, -0.2) is 15.0 Å². The molecule has 4 aromatic rings. The van der Waals surface area contributed by atoms with Gasteiger partial charge in [0.1, 0.15) is 30.8 Å². The number of aromatic nitrogens is 5. The first-order chi connectivity index (χ1) is 15.7. The summed E-state index contributed by atoms with van der Waals surface area (Å²) in [6, 6.07) is 13.3. The van der Waals surface area contributed by atoms with Crippen molar-refractivity contribution in [2.45, 2.75) is 12.8 Å². The summed E-state index contributed by atoms with van der Waals surface area (Å²) in [5.74, 6) is 1.60. The number of Topliss-reactive ketones (excluding diaryl/α,β-unsaturated/α-hetero) is 1. The van der Waals surface area contributed by atoms with Gasteiger partial charge in [-0.1, -0.05) is 18.2 Å². The Bertz CT molecular complexity index is 1240. The Morgan fingerprint density at radius 1 is 1.06 bits per heavy atom. The fraction of sp³-hybridized carbons (Fsp3) is 0.217. The lowest BCUT2D eigenvalue weighted by Crippen LogP contribution is -2.06. The average Bonchev–Trinajstić information content (AvgIpc) is 3.24. The van der Waals surface area contributed by atoms with Crippen LogP contribution in [0.4, 0.5) is 0 Å². The molecule has 0 fully saturated rings. The highest BCUT2D eigenvalue weighted by molar-refractivity contribution is 6.26. The molecule has 0 radical (unpaired) electrons. The molecule has 0 unspecified atom stereocenters. The Labute approximate surface area is 184 Å². The van der Waals surface area contributed by atoms with Crippen LogP contribution in [-0.2, 0) is 22.4 Å². The second-order valence-corrected chi connectivity index (χ2v) is 7.09. The molecule has 0 atom stereocenters. The van der Waals surface area contributed by atoms with Crippen LogP contribution in [0.2, 0.25) is 0 Å². The van der Waals surface area contributed by atoms with Crippen LogP contribution in [0.15, 0.2) is 55.1 Å². The molecule has 0 aliphatic rings. The molecule has 0 bridgehead atoms. The number of benzene rings is 2. The van der Waals surface area contributed by atoms with Crippen LogP contribution in [0.25, 0.3) is 17.0 Å². The van der Waals surface area contributed by atoms with Gasteiger partial charge in [0, 0.05) is 20.0 Å². The molecule has 0 aliphatic heterocycles. The van der Waals surface area contributed by atoms with Crippen molar-refractivity contribution in [2.24, 2.45) is 0 Å². The van der Waals surface area contributed by atoms with E-state index in [2.05, 4.69) is 19.9 Å². The minimum absolute atomic E-state index is 0.165. The van der Waals surface area contributed by atoms with E-state index in [4.69, 9.17) is 14.9 Å². The summed E-state index contributed by atoms with van der Waals surface area (Å²) in [5.41, 5.74) is 3.40. The van der Waals surface area contributed by atoms with Crippen LogP contribution in [0.1, 0.15) is 17.0 Å². The second kappa shape index (κ2) is 9.88. The van der Waals surface area contributed by atoms with E-state index in [0.717, 1.165) is 34.1 Å². The van der Waals surface area contributed by atoms with Crippen molar-refractivity contribution in [1.29, 1.82) is 5.41 Å². The van der Waals surface area contributed by atoms with Gasteiger partial charge in [-0.3, -0.25) is 9.36 Å². The monoisotopic (exact) mass is 430 g/mol. The van der Waals surface area contributed by atoms with E-state index in [0.29, 0.717) is 31.4 Å². The van der Waals surface area contributed by atoms with Gasteiger partial charge in [-0.05, 0) is 35.4 Å². The van der Waals surface area contributed by atoms with Crippen LogP contribution in [0, 0.1) is 5.41 Å². The van der Waals surface area contributed by atoms with Crippen molar-refractivity contribution in [1.82, 2.24) is 24.5 Å². The first kappa shape index (κ1) is 21.3. The highest BCUT2D eigenvalue weighted by atomic mass is 16.5. The minimum atomic E-state index is -0.257. The van der Waals surface area contributed by atoms with Crippen molar-refractivity contribution >= 4 is 23.0 Å². The first-order valence-corrected chi connectivity index (χ1v) is 10.0.